The maximum absolute atomic E-state index is 5.91. The molecule has 2 saturated heterocycles. The fourth-order valence-electron chi connectivity index (χ4n) is 3.91. The lowest BCUT2D eigenvalue weighted by atomic mass is 9.80. The van der Waals surface area contributed by atoms with Crippen LogP contribution in [0.15, 0.2) is 0 Å². The van der Waals surface area contributed by atoms with E-state index >= 15 is 0 Å². The van der Waals surface area contributed by atoms with E-state index in [0.717, 1.165) is 64.1 Å². The monoisotopic (exact) mass is 304 g/mol. The van der Waals surface area contributed by atoms with Gasteiger partial charge in [0.1, 0.15) is 0 Å². The van der Waals surface area contributed by atoms with Crippen molar-refractivity contribution in [2.45, 2.75) is 25.4 Å². The van der Waals surface area contributed by atoms with Crippen molar-refractivity contribution in [2.24, 2.45) is 0 Å². The van der Waals surface area contributed by atoms with Crippen LogP contribution in [0.2, 0.25) is 0 Å². The predicted molar refractivity (Wildman–Crippen MR) is 83.2 cm³/mol. The highest BCUT2D eigenvalue weighted by Gasteiger charge is 2.44. The number of fused-ring (bicyclic) bond motifs is 2. The van der Waals surface area contributed by atoms with Gasteiger partial charge in [0.2, 0.25) is 5.95 Å². The number of likely N-dealkylation sites (N-methyl/N-ethyl adjacent to an activating group) is 1. The molecular weight excluding hydrogens is 280 g/mol. The maximum atomic E-state index is 5.91. The van der Waals surface area contributed by atoms with E-state index in [4.69, 9.17) is 19.4 Å². The van der Waals surface area contributed by atoms with E-state index in [1.54, 1.807) is 0 Å². The van der Waals surface area contributed by atoms with E-state index in [-0.39, 0.29) is 5.41 Å². The third-order valence-electron chi connectivity index (χ3n) is 5.17. The van der Waals surface area contributed by atoms with Crippen molar-refractivity contribution >= 4 is 5.95 Å². The van der Waals surface area contributed by atoms with Crippen LogP contribution in [0.25, 0.3) is 0 Å². The van der Waals surface area contributed by atoms with Crippen LogP contribution < -0.4 is 4.90 Å². The molecule has 0 N–H and O–H groups in total. The second-order valence-corrected chi connectivity index (χ2v) is 6.80. The summed E-state index contributed by atoms with van der Waals surface area (Å²) in [4.78, 5) is 14.4. The standard InChI is InChI=1S/C16H24N4O2/c1-12-13-9-22-11-16(3-4-19(2)10-16)14(13)18-15(17-12)20-5-7-21-8-6-20/h3-11H2,1-2H3/t16-/m0/s1. The van der Waals surface area contributed by atoms with Crippen LogP contribution in [0.3, 0.4) is 0 Å². The minimum Gasteiger partial charge on any atom is -0.378 e. The lowest BCUT2D eigenvalue weighted by Gasteiger charge is -2.36. The first-order valence-electron chi connectivity index (χ1n) is 8.15. The molecule has 0 radical (unpaired) electrons. The highest BCUT2D eigenvalue weighted by atomic mass is 16.5. The molecular formula is C16H24N4O2. The van der Waals surface area contributed by atoms with Gasteiger partial charge < -0.3 is 19.3 Å². The highest BCUT2D eigenvalue weighted by molar-refractivity contribution is 5.42. The predicted octanol–water partition coefficient (Wildman–Crippen LogP) is 0.725. The van der Waals surface area contributed by atoms with Gasteiger partial charge in [-0.3, -0.25) is 0 Å². The average Bonchev–Trinajstić information content (AvgIpc) is 2.91. The fraction of sp³-hybridized carbons (Fsp3) is 0.750. The number of aromatic nitrogens is 2. The zero-order chi connectivity index (χ0) is 15.2. The Morgan fingerprint density at radius 2 is 1.91 bits per heavy atom. The van der Waals surface area contributed by atoms with Gasteiger partial charge in [0.05, 0.1) is 37.5 Å². The highest BCUT2D eigenvalue weighted by Crippen LogP contribution is 2.40. The van der Waals surface area contributed by atoms with Gasteiger partial charge in [-0.2, -0.15) is 0 Å². The zero-order valence-corrected chi connectivity index (χ0v) is 13.5. The molecule has 3 aliphatic heterocycles. The molecule has 4 heterocycles. The molecule has 6 heteroatoms. The minimum absolute atomic E-state index is 0.0526. The number of aryl methyl sites for hydroxylation is 1. The molecule has 4 rings (SSSR count). The van der Waals surface area contributed by atoms with Gasteiger partial charge in [0, 0.05) is 30.9 Å². The van der Waals surface area contributed by atoms with Crippen molar-refractivity contribution < 1.29 is 9.47 Å². The van der Waals surface area contributed by atoms with Crippen molar-refractivity contribution in [3.8, 4) is 0 Å². The van der Waals surface area contributed by atoms with Crippen molar-refractivity contribution in [3.05, 3.63) is 17.0 Å². The molecule has 1 aromatic rings. The number of hydrogen-bond acceptors (Lipinski definition) is 6. The van der Waals surface area contributed by atoms with Crippen molar-refractivity contribution in [1.82, 2.24) is 14.9 Å². The number of morpholine rings is 1. The van der Waals surface area contributed by atoms with Crippen LogP contribution in [0.4, 0.5) is 5.95 Å². The molecule has 1 atom stereocenters. The molecule has 0 aromatic carbocycles. The number of hydrogen-bond donors (Lipinski definition) is 0. The van der Waals surface area contributed by atoms with E-state index in [1.165, 1.54) is 11.3 Å². The van der Waals surface area contributed by atoms with Crippen LogP contribution in [-0.4, -0.2) is 67.9 Å². The van der Waals surface area contributed by atoms with E-state index in [9.17, 15) is 0 Å². The summed E-state index contributed by atoms with van der Waals surface area (Å²) in [5, 5.41) is 0. The maximum Gasteiger partial charge on any atom is 0.225 e. The Kier molecular flexibility index (Phi) is 3.55. The molecule has 120 valence electrons. The summed E-state index contributed by atoms with van der Waals surface area (Å²) in [6, 6.07) is 0. The molecule has 0 amide bonds. The quantitative estimate of drug-likeness (QED) is 0.762. The summed E-state index contributed by atoms with van der Waals surface area (Å²) in [6.45, 7) is 8.93. The van der Waals surface area contributed by atoms with Crippen LogP contribution >= 0.6 is 0 Å². The van der Waals surface area contributed by atoms with Crippen LogP contribution in [0.5, 0.6) is 0 Å². The number of anilines is 1. The molecule has 3 aliphatic rings. The Balaban J connectivity index is 1.76. The van der Waals surface area contributed by atoms with Crippen molar-refractivity contribution in [2.75, 3.05) is 57.9 Å². The van der Waals surface area contributed by atoms with Gasteiger partial charge in [-0.25, -0.2) is 9.97 Å². The Hall–Kier alpha value is -1.24. The minimum atomic E-state index is 0.0526. The first-order valence-corrected chi connectivity index (χ1v) is 8.15. The summed E-state index contributed by atoms with van der Waals surface area (Å²) in [5.74, 6) is 0.871. The Bertz CT molecular complexity index is 574. The molecule has 0 unspecified atom stereocenters. The first-order chi connectivity index (χ1) is 10.7. The van der Waals surface area contributed by atoms with Gasteiger partial charge in [-0.1, -0.05) is 0 Å². The number of likely N-dealkylation sites (tertiary alicyclic amines) is 1. The van der Waals surface area contributed by atoms with Crippen LogP contribution in [0, 0.1) is 6.92 Å². The molecule has 0 aliphatic carbocycles. The van der Waals surface area contributed by atoms with Gasteiger partial charge in [-0.05, 0) is 26.9 Å². The van der Waals surface area contributed by atoms with Crippen LogP contribution in [-0.2, 0) is 21.5 Å². The van der Waals surface area contributed by atoms with Gasteiger partial charge in [0.25, 0.3) is 0 Å². The van der Waals surface area contributed by atoms with Crippen LogP contribution in [0.1, 0.15) is 23.4 Å². The largest absolute Gasteiger partial charge is 0.378 e. The van der Waals surface area contributed by atoms with E-state index < -0.39 is 0 Å². The zero-order valence-electron chi connectivity index (χ0n) is 13.5. The smallest absolute Gasteiger partial charge is 0.225 e. The van der Waals surface area contributed by atoms with Crippen molar-refractivity contribution in [1.29, 1.82) is 0 Å². The Morgan fingerprint density at radius 3 is 2.64 bits per heavy atom. The fourth-order valence-corrected chi connectivity index (χ4v) is 3.91. The molecule has 0 saturated carbocycles. The summed E-state index contributed by atoms with van der Waals surface area (Å²) in [7, 11) is 2.18. The second-order valence-electron chi connectivity index (χ2n) is 6.80. The summed E-state index contributed by atoms with van der Waals surface area (Å²) >= 11 is 0. The SMILES string of the molecule is Cc1nc(N2CCOCC2)nc2c1COC[C@@]21CCN(C)C1. The average molecular weight is 304 g/mol. The number of rotatable bonds is 1. The normalized spacial score (nSPS) is 29.1. The molecule has 6 nitrogen and oxygen atoms in total. The Morgan fingerprint density at radius 1 is 1.09 bits per heavy atom. The Labute approximate surface area is 131 Å². The molecule has 1 spiro atoms. The summed E-state index contributed by atoms with van der Waals surface area (Å²) in [6.07, 6.45) is 1.12. The third-order valence-corrected chi connectivity index (χ3v) is 5.17. The molecule has 0 bridgehead atoms. The van der Waals surface area contributed by atoms with Crippen molar-refractivity contribution in [3.63, 3.8) is 0 Å². The summed E-state index contributed by atoms with van der Waals surface area (Å²) < 4.78 is 11.4. The topological polar surface area (TPSA) is 50.7 Å². The third kappa shape index (κ3) is 2.30. The molecule has 2 fully saturated rings. The van der Waals surface area contributed by atoms with E-state index in [1.807, 2.05) is 0 Å². The number of ether oxygens (including phenoxy) is 2. The van der Waals surface area contributed by atoms with E-state index in [0.29, 0.717) is 6.61 Å². The molecule has 22 heavy (non-hydrogen) atoms. The van der Waals surface area contributed by atoms with E-state index in [2.05, 4.69) is 23.8 Å². The lowest BCUT2D eigenvalue weighted by molar-refractivity contribution is 0.0510. The number of nitrogens with zero attached hydrogens (tertiary/aromatic N) is 4. The van der Waals surface area contributed by atoms with Gasteiger partial charge in [-0.15, -0.1) is 0 Å². The van der Waals surface area contributed by atoms with Gasteiger partial charge >= 0.3 is 0 Å². The first kappa shape index (κ1) is 14.4. The lowest BCUT2D eigenvalue weighted by Crippen LogP contribution is -2.42. The second kappa shape index (κ2) is 5.44. The van der Waals surface area contributed by atoms with Gasteiger partial charge in [0.15, 0.2) is 0 Å². The summed E-state index contributed by atoms with van der Waals surface area (Å²) in [5.41, 5.74) is 3.56. The molecule has 1 aromatic heterocycles.